The monoisotopic (exact) mass is 414 g/mol. The summed E-state index contributed by atoms with van der Waals surface area (Å²) in [6, 6.07) is 4.88. The molecule has 1 N–H and O–H groups in total. The topological polar surface area (TPSA) is 52.0 Å². The van der Waals surface area contributed by atoms with Gasteiger partial charge in [0.1, 0.15) is 18.7 Å². The van der Waals surface area contributed by atoms with Crippen LogP contribution in [-0.4, -0.2) is 20.8 Å². The minimum atomic E-state index is 0.382. The van der Waals surface area contributed by atoms with Gasteiger partial charge in [0.25, 0.3) is 0 Å². The molecule has 21 heavy (non-hydrogen) atoms. The van der Waals surface area contributed by atoms with Gasteiger partial charge < -0.3 is 14.6 Å². The van der Waals surface area contributed by atoms with Crippen molar-refractivity contribution < 1.29 is 4.74 Å². The van der Waals surface area contributed by atoms with E-state index in [0.29, 0.717) is 12.6 Å². The van der Waals surface area contributed by atoms with E-state index in [4.69, 9.17) is 4.74 Å². The van der Waals surface area contributed by atoms with E-state index in [9.17, 15) is 0 Å². The molecular formula is C14H16Br2N4O. The molecule has 0 atom stereocenters. The molecule has 1 fully saturated rings. The van der Waals surface area contributed by atoms with Gasteiger partial charge in [0.15, 0.2) is 5.82 Å². The first-order valence-corrected chi connectivity index (χ1v) is 8.39. The van der Waals surface area contributed by atoms with Crippen LogP contribution in [0.4, 0.5) is 0 Å². The van der Waals surface area contributed by atoms with Crippen molar-refractivity contribution in [3.8, 4) is 5.75 Å². The zero-order chi connectivity index (χ0) is 14.8. The van der Waals surface area contributed by atoms with Gasteiger partial charge in [-0.05, 0) is 62.4 Å². The fraction of sp³-hybridized carbons (Fsp3) is 0.429. The van der Waals surface area contributed by atoms with Gasteiger partial charge in [-0.2, -0.15) is 0 Å². The molecular weight excluding hydrogens is 400 g/mol. The van der Waals surface area contributed by atoms with Crippen LogP contribution in [0, 0.1) is 0 Å². The number of nitrogens with one attached hydrogen (secondary N) is 1. The summed E-state index contributed by atoms with van der Waals surface area (Å²) in [5.74, 6) is 1.57. The summed E-state index contributed by atoms with van der Waals surface area (Å²) >= 11 is 7.16. The van der Waals surface area contributed by atoms with Crippen molar-refractivity contribution in [1.82, 2.24) is 20.1 Å². The molecule has 1 heterocycles. The number of ether oxygens (including phenoxy) is 1. The van der Waals surface area contributed by atoms with Crippen LogP contribution < -0.4 is 10.1 Å². The van der Waals surface area contributed by atoms with Crippen LogP contribution in [-0.2, 0) is 20.2 Å². The molecule has 0 aliphatic heterocycles. The number of aryl methyl sites for hydroxylation is 1. The Kier molecular flexibility index (Phi) is 4.61. The molecule has 0 saturated heterocycles. The van der Waals surface area contributed by atoms with Gasteiger partial charge in [-0.25, -0.2) is 0 Å². The SMILES string of the molecule is Cn1cnnc1COc1c(Br)cc(CNC2CC2)cc1Br. The van der Waals surface area contributed by atoms with Gasteiger partial charge in [0.05, 0.1) is 8.95 Å². The van der Waals surface area contributed by atoms with Gasteiger partial charge in [-0.3, -0.25) is 0 Å². The van der Waals surface area contributed by atoms with Crippen LogP contribution >= 0.6 is 31.9 Å². The fourth-order valence-electron chi connectivity index (χ4n) is 1.98. The van der Waals surface area contributed by atoms with Crippen molar-refractivity contribution in [2.45, 2.75) is 32.0 Å². The third-order valence-corrected chi connectivity index (χ3v) is 4.56. The Balaban J connectivity index is 1.68. The molecule has 0 amide bonds. The fourth-order valence-corrected chi connectivity index (χ4v) is 3.49. The van der Waals surface area contributed by atoms with E-state index >= 15 is 0 Å². The van der Waals surface area contributed by atoms with E-state index in [1.165, 1.54) is 18.4 Å². The third-order valence-electron chi connectivity index (χ3n) is 3.38. The van der Waals surface area contributed by atoms with E-state index in [1.807, 2.05) is 11.6 Å². The van der Waals surface area contributed by atoms with Gasteiger partial charge in [-0.15, -0.1) is 10.2 Å². The van der Waals surface area contributed by atoms with E-state index in [2.05, 4.69) is 59.5 Å². The lowest BCUT2D eigenvalue weighted by Crippen LogP contribution is -2.15. The minimum absolute atomic E-state index is 0.382. The van der Waals surface area contributed by atoms with E-state index < -0.39 is 0 Å². The summed E-state index contributed by atoms with van der Waals surface area (Å²) in [5.41, 5.74) is 1.23. The normalized spacial score (nSPS) is 14.4. The second kappa shape index (κ2) is 6.46. The number of rotatable bonds is 6. The standard InChI is InChI=1S/C14H16Br2N4O/c1-20-8-18-19-13(20)7-21-14-11(15)4-9(5-12(14)16)6-17-10-2-3-10/h4-5,8,10,17H,2-3,6-7H2,1H3. The summed E-state index contributed by atoms with van der Waals surface area (Å²) in [6.07, 6.45) is 4.25. The summed E-state index contributed by atoms with van der Waals surface area (Å²) in [4.78, 5) is 0. The molecule has 2 aromatic rings. The Morgan fingerprint density at radius 2 is 2.05 bits per heavy atom. The zero-order valence-corrected chi connectivity index (χ0v) is 14.8. The summed E-state index contributed by atoms with van der Waals surface area (Å²) in [6.45, 7) is 1.26. The molecule has 0 radical (unpaired) electrons. The second-order valence-corrected chi connectivity index (χ2v) is 6.90. The summed E-state index contributed by atoms with van der Waals surface area (Å²) in [5, 5.41) is 11.4. The van der Waals surface area contributed by atoms with E-state index in [0.717, 1.165) is 27.1 Å². The van der Waals surface area contributed by atoms with Crippen LogP contribution in [0.1, 0.15) is 24.2 Å². The second-order valence-electron chi connectivity index (χ2n) is 5.19. The largest absolute Gasteiger partial charge is 0.483 e. The predicted molar refractivity (Wildman–Crippen MR) is 87.0 cm³/mol. The van der Waals surface area contributed by atoms with Gasteiger partial charge >= 0.3 is 0 Å². The average Bonchev–Trinajstić information content (AvgIpc) is 3.18. The Bertz CT molecular complexity index is 617. The highest BCUT2D eigenvalue weighted by molar-refractivity contribution is 9.11. The van der Waals surface area contributed by atoms with E-state index in [-0.39, 0.29) is 0 Å². The predicted octanol–water partition coefficient (Wildman–Crippen LogP) is 3.17. The molecule has 7 heteroatoms. The number of aromatic nitrogens is 3. The van der Waals surface area contributed by atoms with Crippen molar-refractivity contribution in [3.63, 3.8) is 0 Å². The highest BCUT2D eigenvalue weighted by Gasteiger charge is 2.20. The van der Waals surface area contributed by atoms with Crippen molar-refractivity contribution in [1.29, 1.82) is 0 Å². The Morgan fingerprint density at radius 3 is 2.62 bits per heavy atom. The van der Waals surface area contributed by atoms with E-state index in [1.54, 1.807) is 6.33 Å². The quantitative estimate of drug-likeness (QED) is 0.787. The van der Waals surface area contributed by atoms with Crippen molar-refractivity contribution in [2.75, 3.05) is 0 Å². The molecule has 1 saturated carbocycles. The molecule has 1 aromatic carbocycles. The number of nitrogens with zero attached hydrogens (tertiary/aromatic N) is 3. The van der Waals surface area contributed by atoms with Crippen LogP contribution in [0.25, 0.3) is 0 Å². The Hall–Kier alpha value is -0.920. The number of hydrogen-bond acceptors (Lipinski definition) is 4. The van der Waals surface area contributed by atoms with Gasteiger partial charge in [0.2, 0.25) is 0 Å². The van der Waals surface area contributed by atoms with Gasteiger partial charge in [0, 0.05) is 19.6 Å². The maximum atomic E-state index is 5.85. The Morgan fingerprint density at radius 1 is 1.33 bits per heavy atom. The molecule has 0 bridgehead atoms. The van der Waals surface area contributed by atoms with Crippen molar-refractivity contribution in [2.24, 2.45) is 7.05 Å². The first-order chi connectivity index (χ1) is 10.1. The van der Waals surface area contributed by atoms with Crippen LogP contribution in [0.15, 0.2) is 27.4 Å². The van der Waals surface area contributed by atoms with Crippen LogP contribution in [0.5, 0.6) is 5.75 Å². The first-order valence-electron chi connectivity index (χ1n) is 6.80. The molecule has 5 nitrogen and oxygen atoms in total. The highest BCUT2D eigenvalue weighted by atomic mass is 79.9. The lowest BCUT2D eigenvalue weighted by Gasteiger charge is -2.12. The number of hydrogen-bond donors (Lipinski definition) is 1. The molecule has 0 spiro atoms. The first kappa shape index (κ1) is 15.0. The lowest BCUT2D eigenvalue weighted by atomic mass is 10.2. The highest BCUT2D eigenvalue weighted by Crippen LogP contribution is 2.35. The molecule has 112 valence electrons. The molecule has 1 aliphatic carbocycles. The lowest BCUT2D eigenvalue weighted by molar-refractivity contribution is 0.287. The minimum Gasteiger partial charge on any atom is -0.483 e. The van der Waals surface area contributed by atoms with Crippen molar-refractivity contribution >= 4 is 31.9 Å². The molecule has 1 aliphatic rings. The third kappa shape index (κ3) is 3.84. The zero-order valence-electron chi connectivity index (χ0n) is 11.6. The maximum absolute atomic E-state index is 5.85. The van der Waals surface area contributed by atoms with Crippen LogP contribution in [0.3, 0.4) is 0 Å². The Labute approximate surface area is 140 Å². The smallest absolute Gasteiger partial charge is 0.170 e. The van der Waals surface area contributed by atoms with Gasteiger partial charge in [-0.1, -0.05) is 0 Å². The maximum Gasteiger partial charge on any atom is 0.170 e. The summed E-state index contributed by atoms with van der Waals surface area (Å²) in [7, 11) is 1.90. The molecule has 1 aromatic heterocycles. The van der Waals surface area contributed by atoms with Crippen molar-refractivity contribution in [3.05, 3.63) is 38.8 Å². The summed E-state index contributed by atoms with van der Waals surface area (Å²) < 4.78 is 9.56. The molecule has 3 rings (SSSR count). The number of halogens is 2. The average molecular weight is 416 g/mol. The van der Waals surface area contributed by atoms with Crippen LogP contribution in [0.2, 0.25) is 0 Å². The number of benzene rings is 1. The molecule has 0 unspecified atom stereocenters.